The largest absolute Gasteiger partial charge is 0.461 e. The van der Waals surface area contributed by atoms with E-state index in [9.17, 15) is 14.4 Å². The van der Waals surface area contributed by atoms with Crippen molar-refractivity contribution < 1.29 is 28.6 Å². The molecule has 0 bridgehead atoms. The van der Waals surface area contributed by atoms with Gasteiger partial charge in [-0.25, -0.2) is 0 Å². The van der Waals surface area contributed by atoms with Gasteiger partial charge in [0, 0.05) is 25.7 Å². The van der Waals surface area contributed by atoms with Crippen molar-refractivity contribution in [2.24, 2.45) is 0 Å². The molecule has 234 valence electrons. The second-order valence-electron chi connectivity index (χ2n) is 12.0. The summed E-state index contributed by atoms with van der Waals surface area (Å²) in [5, 5.41) is 0. The van der Waals surface area contributed by atoms with Gasteiger partial charge < -0.3 is 14.2 Å². The SMILES string of the molecule is CCCCCCCCCCCCCC(=O)OCC1(COC(=O)CCCCCCCCCCCCC)CCC(=O)O1. The molecule has 0 saturated carbocycles. The van der Waals surface area contributed by atoms with E-state index in [0.29, 0.717) is 19.3 Å². The van der Waals surface area contributed by atoms with Gasteiger partial charge in [0.1, 0.15) is 13.2 Å². The molecule has 0 amide bonds. The Morgan fingerprint density at radius 2 is 0.900 bits per heavy atom. The van der Waals surface area contributed by atoms with Crippen LogP contribution in [-0.2, 0) is 28.6 Å². The normalized spacial score (nSPS) is 14.3. The number of hydrogen-bond donors (Lipinski definition) is 0. The summed E-state index contributed by atoms with van der Waals surface area (Å²) in [6.07, 6.45) is 28.5. The van der Waals surface area contributed by atoms with Crippen LogP contribution in [0.3, 0.4) is 0 Å². The van der Waals surface area contributed by atoms with Gasteiger partial charge in [0.05, 0.1) is 0 Å². The molecule has 0 spiro atoms. The van der Waals surface area contributed by atoms with Gasteiger partial charge >= 0.3 is 17.9 Å². The molecule has 6 heteroatoms. The van der Waals surface area contributed by atoms with Crippen molar-refractivity contribution in [2.75, 3.05) is 13.2 Å². The van der Waals surface area contributed by atoms with Crippen molar-refractivity contribution in [3.8, 4) is 0 Å². The first-order valence-corrected chi connectivity index (χ1v) is 17.0. The molecule has 6 nitrogen and oxygen atoms in total. The number of hydrogen-bond acceptors (Lipinski definition) is 6. The molecule has 1 rings (SSSR count). The van der Waals surface area contributed by atoms with E-state index in [2.05, 4.69) is 13.8 Å². The smallest absolute Gasteiger partial charge is 0.306 e. The molecule has 1 fully saturated rings. The molecule has 40 heavy (non-hydrogen) atoms. The minimum absolute atomic E-state index is 0.0403. The molecule has 1 aliphatic heterocycles. The summed E-state index contributed by atoms with van der Waals surface area (Å²) in [6, 6.07) is 0. The number of unbranched alkanes of at least 4 members (excludes halogenated alkanes) is 20. The molecular weight excluding hydrogens is 504 g/mol. The third-order valence-corrected chi connectivity index (χ3v) is 8.08. The third-order valence-electron chi connectivity index (χ3n) is 8.08. The van der Waals surface area contributed by atoms with Crippen LogP contribution in [0.4, 0.5) is 0 Å². The maximum atomic E-state index is 12.3. The lowest BCUT2D eigenvalue weighted by atomic mass is 10.0. The van der Waals surface area contributed by atoms with E-state index in [1.807, 2.05) is 0 Å². The summed E-state index contributed by atoms with van der Waals surface area (Å²) in [4.78, 5) is 36.4. The average Bonchev–Trinajstić information content (AvgIpc) is 3.33. The van der Waals surface area contributed by atoms with Crippen LogP contribution in [0.15, 0.2) is 0 Å². The number of rotatable bonds is 28. The lowest BCUT2D eigenvalue weighted by molar-refractivity contribution is -0.174. The van der Waals surface area contributed by atoms with E-state index in [0.717, 1.165) is 38.5 Å². The van der Waals surface area contributed by atoms with E-state index < -0.39 is 5.60 Å². The van der Waals surface area contributed by atoms with Crippen LogP contribution in [0.25, 0.3) is 0 Å². The maximum absolute atomic E-state index is 12.3. The Morgan fingerprint density at radius 1 is 0.575 bits per heavy atom. The van der Waals surface area contributed by atoms with Crippen LogP contribution in [0.1, 0.15) is 181 Å². The van der Waals surface area contributed by atoms with E-state index >= 15 is 0 Å². The first-order valence-electron chi connectivity index (χ1n) is 17.0. The molecule has 1 aliphatic rings. The lowest BCUT2D eigenvalue weighted by Crippen LogP contribution is -2.41. The Balaban J connectivity index is 2.09. The van der Waals surface area contributed by atoms with E-state index in [-0.39, 0.29) is 37.5 Å². The van der Waals surface area contributed by atoms with Crippen molar-refractivity contribution in [1.82, 2.24) is 0 Å². The lowest BCUT2D eigenvalue weighted by Gasteiger charge is -2.26. The van der Waals surface area contributed by atoms with Crippen molar-refractivity contribution in [2.45, 2.75) is 186 Å². The summed E-state index contributed by atoms with van der Waals surface area (Å²) in [6.45, 7) is 4.41. The van der Waals surface area contributed by atoms with Gasteiger partial charge in [-0.3, -0.25) is 14.4 Å². The number of carbonyl (C=O) groups is 3. The minimum Gasteiger partial charge on any atom is -0.461 e. The predicted molar refractivity (Wildman–Crippen MR) is 162 cm³/mol. The molecule has 0 unspecified atom stereocenters. The summed E-state index contributed by atoms with van der Waals surface area (Å²) in [5.74, 6) is -0.876. The van der Waals surface area contributed by atoms with Crippen LogP contribution >= 0.6 is 0 Å². The van der Waals surface area contributed by atoms with Gasteiger partial charge in [-0.15, -0.1) is 0 Å². The molecule has 0 aromatic carbocycles. The molecule has 0 N–H and O–H groups in total. The van der Waals surface area contributed by atoms with Crippen LogP contribution in [0.5, 0.6) is 0 Å². The highest BCUT2D eigenvalue weighted by atomic mass is 16.6. The topological polar surface area (TPSA) is 78.9 Å². The zero-order chi connectivity index (χ0) is 29.2. The van der Waals surface area contributed by atoms with Gasteiger partial charge in [0.25, 0.3) is 0 Å². The molecule has 0 aromatic heterocycles. The first-order chi connectivity index (χ1) is 19.5. The Kier molecular flexibility index (Phi) is 22.9. The molecular formula is C34H62O6. The Bertz CT molecular complexity index is 604. The van der Waals surface area contributed by atoms with Crippen LogP contribution in [0.2, 0.25) is 0 Å². The molecule has 1 heterocycles. The second kappa shape index (κ2) is 25.1. The number of cyclic esters (lactones) is 1. The van der Waals surface area contributed by atoms with Crippen molar-refractivity contribution in [1.29, 1.82) is 0 Å². The van der Waals surface area contributed by atoms with Gasteiger partial charge in [-0.1, -0.05) is 142 Å². The quantitative estimate of drug-likeness (QED) is 0.0533. The molecule has 0 atom stereocenters. The van der Waals surface area contributed by atoms with E-state index in [4.69, 9.17) is 14.2 Å². The average molecular weight is 567 g/mol. The van der Waals surface area contributed by atoms with Gasteiger partial charge in [0.15, 0.2) is 5.60 Å². The Labute approximate surface area is 246 Å². The predicted octanol–water partition coefficient (Wildman–Crippen LogP) is 9.55. The minimum atomic E-state index is -1.03. The standard InChI is InChI=1S/C34H62O6/c1-3-5-7-9-11-13-15-17-19-21-23-25-31(35)38-29-34(28-27-33(37)40-34)30-39-32(36)26-24-22-20-18-16-14-12-10-8-6-4-2/h3-30H2,1-2H3. The monoisotopic (exact) mass is 566 g/mol. The highest BCUT2D eigenvalue weighted by Gasteiger charge is 2.43. The first kappa shape index (κ1) is 36.4. The van der Waals surface area contributed by atoms with Crippen molar-refractivity contribution in [3.63, 3.8) is 0 Å². The number of carbonyl (C=O) groups excluding carboxylic acids is 3. The van der Waals surface area contributed by atoms with Gasteiger partial charge in [-0.2, -0.15) is 0 Å². The van der Waals surface area contributed by atoms with Gasteiger partial charge in [0.2, 0.25) is 0 Å². The summed E-state index contributed by atoms with van der Waals surface area (Å²) in [5.41, 5.74) is -1.03. The molecule has 0 aliphatic carbocycles. The van der Waals surface area contributed by atoms with Crippen LogP contribution < -0.4 is 0 Å². The maximum Gasteiger partial charge on any atom is 0.306 e. The molecule has 0 radical (unpaired) electrons. The zero-order valence-electron chi connectivity index (χ0n) is 26.2. The number of ether oxygens (including phenoxy) is 3. The van der Waals surface area contributed by atoms with Crippen LogP contribution in [0, 0.1) is 0 Å². The Morgan fingerprint density at radius 3 is 1.20 bits per heavy atom. The van der Waals surface area contributed by atoms with Crippen LogP contribution in [-0.4, -0.2) is 36.7 Å². The fraction of sp³-hybridized carbons (Fsp3) is 0.912. The second-order valence-corrected chi connectivity index (χ2v) is 12.0. The van der Waals surface area contributed by atoms with Crippen molar-refractivity contribution >= 4 is 17.9 Å². The Hall–Kier alpha value is -1.59. The van der Waals surface area contributed by atoms with Crippen molar-refractivity contribution in [3.05, 3.63) is 0 Å². The molecule has 1 saturated heterocycles. The molecule has 0 aromatic rings. The summed E-state index contributed by atoms with van der Waals surface area (Å²) >= 11 is 0. The zero-order valence-corrected chi connectivity index (χ0v) is 26.2. The fourth-order valence-corrected chi connectivity index (χ4v) is 5.35. The van der Waals surface area contributed by atoms with E-state index in [1.54, 1.807) is 0 Å². The highest BCUT2D eigenvalue weighted by Crippen LogP contribution is 2.28. The highest BCUT2D eigenvalue weighted by molar-refractivity contribution is 5.73. The third kappa shape index (κ3) is 20.3. The van der Waals surface area contributed by atoms with Gasteiger partial charge in [-0.05, 0) is 12.8 Å². The van der Waals surface area contributed by atoms with E-state index in [1.165, 1.54) is 103 Å². The summed E-state index contributed by atoms with van der Waals surface area (Å²) < 4.78 is 16.4. The number of esters is 3. The summed E-state index contributed by atoms with van der Waals surface area (Å²) in [7, 11) is 0. The fourth-order valence-electron chi connectivity index (χ4n) is 5.35.